The van der Waals surface area contributed by atoms with Crippen molar-refractivity contribution in [1.29, 1.82) is 0 Å². The minimum Gasteiger partial charge on any atom is -0.468 e. The van der Waals surface area contributed by atoms with E-state index in [1.165, 1.54) is 12.0 Å². The molecule has 0 amide bonds. The Morgan fingerprint density at radius 1 is 1.44 bits per heavy atom. The van der Waals surface area contributed by atoms with E-state index in [1.807, 2.05) is 0 Å². The Labute approximate surface area is 98.8 Å². The maximum Gasteiger partial charge on any atom is 0.122 e. The van der Waals surface area contributed by atoms with Gasteiger partial charge in [-0.05, 0) is 39.9 Å². The molecular weight excluding hydrogens is 200 g/mol. The van der Waals surface area contributed by atoms with Gasteiger partial charge in [-0.1, -0.05) is 6.92 Å². The molecule has 0 aromatic carbocycles. The molecule has 1 aromatic heterocycles. The fourth-order valence-electron chi connectivity index (χ4n) is 1.47. The summed E-state index contributed by atoms with van der Waals surface area (Å²) in [5.74, 6) is 1.08. The van der Waals surface area contributed by atoms with Gasteiger partial charge in [0.2, 0.25) is 0 Å². The van der Waals surface area contributed by atoms with Gasteiger partial charge in [-0.15, -0.1) is 0 Å². The molecule has 0 atom stereocenters. The van der Waals surface area contributed by atoms with Crippen LogP contribution >= 0.6 is 0 Å². The summed E-state index contributed by atoms with van der Waals surface area (Å²) in [5, 5.41) is 3.40. The quantitative estimate of drug-likeness (QED) is 0.722. The third-order valence-corrected chi connectivity index (χ3v) is 2.85. The van der Waals surface area contributed by atoms with Crippen LogP contribution in [0.25, 0.3) is 0 Å². The van der Waals surface area contributed by atoms with Gasteiger partial charge in [0.25, 0.3) is 0 Å². The summed E-state index contributed by atoms with van der Waals surface area (Å²) >= 11 is 0. The predicted molar refractivity (Wildman–Crippen MR) is 67.3 cm³/mol. The van der Waals surface area contributed by atoms with Crippen LogP contribution in [0.2, 0.25) is 0 Å². The van der Waals surface area contributed by atoms with E-state index in [2.05, 4.69) is 44.1 Å². The second-order valence-corrected chi connectivity index (χ2v) is 4.55. The second kappa shape index (κ2) is 6.71. The van der Waals surface area contributed by atoms with Crippen LogP contribution in [0, 0.1) is 0 Å². The van der Waals surface area contributed by atoms with Gasteiger partial charge in [0, 0.05) is 18.2 Å². The molecule has 1 heterocycles. The standard InChI is InChI=1S/C13H24N2O/c1-5-7-14-9-12-6-8-16-13(12)10-15(4)11(2)3/h6,8,11,14H,5,7,9-10H2,1-4H3. The van der Waals surface area contributed by atoms with Crippen LogP contribution in [-0.4, -0.2) is 24.5 Å². The summed E-state index contributed by atoms with van der Waals surface area (Å²) in [7, 11) is 2.12. The van der Waals surface area contributed by atoms with Crippen molar-refractivity contribution in [1.82, 2.24) is 10.2 Å². The van der Waals surface area contributed by atoms with Crippen LogP contribution in [0.3, 0.4) is 0 Å². The SMILES string of the molecule is CCCNCc1ccoc1CN(C)C(C)C. The minimum absolute atomic E-state index is 0.543. The molecule has 0 bridgehead atoms. The number of rotatable bonds is 7. The molecule has 1 rings (SSSR count). The van der Waals surface area contributed by atoms with Crippen molar-refractivity contribution in [3.8, 4) is 0 Å². The minimum atomic E-state index is 0.543. The molecule has 0 aliphatic rings. The topological polar surface area (TPSA) is 28.4 Å². The molecule has 0 spiro atoms. The Morgan fingerprint density at radius 3 is 2.81 bits per heavy atom. The van der Waals surface area contributed by atoms with Crippen LogP contribution in [0.4, 0.5) is 0 Å². The van der Waals surface area contributed by atoms with E-state index < -0.39 is 0 Å². The van der Waals surface area contributed by atoms with Crippen LogP contribution in [-0.2, 0) is 13.1 Å². The van der Waals surface area contributed by atoms with E-state index in [-0.39, 0.29) is 0 Å². The number of furan rings is 1. The lowest BCUT2D eigenvalue weighted by Crippen LogP contribution is -2.26. The monoisotopic (exact) mass is 224 g/mol. The lowest BCUT2D eigenvalue weighted by atomic mass is 10.2. The van der Waals surface area contributed by atoms with Crippen molar-refractivity contribution in [2.24, 2.45) is 0 Å². The first kappa shape index (κ1) is 13.3. The summed E-state index contributed by atoms with van der Waals surface area (Å²) in [6.07, 6.45) is 2.95. The van der Waals surface area contributed by atoms with Gasteiger partial charge in [-0.25, -0.2) is 0 Å². The first-order valence-electron chi connectivity index (χ1n) is 6.11. The highest BCUT2D eigenvalue weighted by Gasteiger charge is 2.10. The highest BCUT2D eigenvalue weighted by Crippen LogP contribution is 2.13. The maximum atomic E-state index is 5.53. The number of nitrogens with one attached hydrogen (secondary N) is 1. The predicted octanol–water partition coefficient (Wildman–Crippen LogP) is 2.62. The normalized spacial score (nSPS) is 11.6. The largest absolute Gasteiger partial charge is 0.468 e. The van der Waals surface area contributed by atoms with Crippen LogP contribution < -0.4 is 5.32 Å². The molecular formula is C13H24N2O. The zero-order chi connectivity index (χ0) is 12.0. The van der Waals surface area contributed by atoms with E-state index in [0.717, 1.165) is 25.4 Å². The number of nitrogens with zero attached hydrogens (tertiary/aromatic N) is 1. The average Bonchev–Trinajstić information content (AvgIpc) is 2.66. The first-order chi connectivity index (χ1) is 7.65. The average molecular weight is 224 g/mol. The van der Waals surface area contributed by atoms with Gasteiger partial charge in [0.15, 0.2) is 0 Å². The summed E-state index contributed by atoms with van der Waals surface area (Å²) in [6, 6.07) is 2.60. The summed E-state index contributed by atoms with van der Waals surface area (Å²) < 4.78 is 5.53. The number of hydrogen-bond acceptors (Lipinski definition) is 3. The highest BCUT2D eigenvalue weighted by molar-refractivity contribution is 5.16. The fraction of sp³-hybridized carbons (Fsp3) is 0.692. The molecule has 0 aliphatic heterocycles. The molecule has 1 N–H and O–H groups in total. The zero-order valence-electron chi connectivity index (χ0n) is 10.9. The summed E-state index contributed by atoms with van der Waals surface area (Å²) in [6.45, 7) is 9.41. The number of hydrogen-bond donors (Lipinski definition) is 1. The third kappa shape index (κ3) is 3.99. The van der Waals surface area contributed by atoms with Gasteiger partial charge in [-0.2, -0.15) is 0 Å². The van der Waals surface area contributed by atoms with Gasteiger partial charge in [0.05, 0.1) is 12.8 Å². The van der Waals surface area contributed by atoms with E-state index >= 15 is 0 Å². The van der Waals surface area contributed by atoms with Crippen molar-refractivity contribution in [3.05, 3.63) is 23.7 Å². The Hall–Kier alpha value is -0.800. The molecule has 92 valence electrons. The molecule has 0 unspecified atom stereocenters. The molecule has 0 saturated carbocycles. The Morgan fingerprint density at radius 2 is 2.19 bits per heavy atom. The van der Waals surface area contributed by atoms with Crippen molar-refractivity contribution >= 4 is 0 Å². The van der Waals surface area contributed by atoms with E-state index in [9.17, 15) is 0 Å². The first-order valence-corrected chi connectivity index (χ1v) is 6.11. The molecule has 16 heavy (non-hydrogen) atoms. The smallest absolute Gasteiger partial charge is 0.122 e. The Balaban J connectivity index is 2.50. The molecule has 0 fully saturated rings. The zero-order valence-corrected chi connectivity index (χ0v) is 10.9. The van der Waals surface area contributed by atoms with Crippen molar-refractivity contribution in [2.45, 2.75) is 46.3 Å². The molecule has 3 heteroatoms. The molecule has 0 aliphatic carbocycles. The van der Waals surface area contributed by atoms with E-state index in [1.54, 1.807) is 6.26 Å². The van der Waals surface area contributed by atoms with Crippen LogP contribution in [0.5, 0.6) is 0 Å². The highest BCUT2D eigenvalue weighted by atomic mass is 16.3. The molecule has 1 aromatic rings. The maximum absolute atomic E-state index is 5.53. The summed E-state index contributed by atoms with van der Waals surface area (Å²) in [4.78, 5) is 2.28. The van der Waals surface area contributed by atoms with Gasteiger partial charge >= 0.3 is 0 Å². The Bertz CT molecular complexity index is 294. The van der Waals surface area contributed by atoms with Crippen molar-refractivity contribution in [3.63, 3.8) is 0 Å². The van der Waals surface area contributed by atoms with Crippen LogP contribution in [0.1, 0.15) is 38.5 Å². The third-order valence-electron chi connectivity index (χ3n) is 2.85. The fourth-order valence-corrected chi connectivity index (χ4v) is 1.47. The van der Waals surface area contributed by atoms with Crippen molar-refractivity contribution in [2.75, 3.05) is 13.6 Å². The second-order valence-electron chi connectivity index (χ2n) is 4.55. The van der Waals surface area contributed by atoms with E-state index in [4.69, 9.17) is 4.42 Å². The van der Waals surface area contributed by atoms with E-state index in [0.29, 0.717) is 6.04 Å². The van der Waals surface area contributed by atoms with Crippen molar-refractivity contribution < 1.29 is 4.42 Å². The lowest BCUT2D eigenvalue weighted by Gasteiger charge is -2.20. The Kier molecular flexibility index (Phi) is 5.56. The molecule has 0 radical (unpaired) electrons. The lowest BCUT2D eigenvalue weighted by molar-refractivity contribution is 0.242. The van der Waals surface area contributed by atoms with Crippen LogP contribution in [0.15, 0.2) is 16.7 Å². The molecule has 3 nitrogen and oxygen atoms in total. The summed E-state index contributed by atoms with van der Waals surface area (Å²) in [5.41, 5.74) is 1.28. The molecule has 0 saturated heterocycles. The van der Waals surface area contributed by atoms with Gasteiger partial charge in [0.1, 0.15) is 5.76 Å². The van der Waals surface area contributed by atoms with Gasteiger partial charge in [-0.3, -0.25) is 4.90 Å². The van der Waals surface area contributed by atoms with Gasteiger partial charge < -0.3 is 9.73 Å².